The normalized spacial score (nSPS) is 12.0. The largest absolute Gasteiger partial charge is 0.496 e. The Balaban J connectivity index is 3.40. The fraction of sp³-hybridized carbons (Fsp3) is 0.400. The molecule has 0 radical (unpaired) electrons. The van der Waals surface area contributed by atoms with Crippen molar-refractivity contribution >= 4 is 11.5 Å². The Kier molecular flexibility index (Phi) is 4.95. The van der Waals surface area contributed by atoms with Gasteiger partial charge in [0.15, 0.2) is 0 Å². The summed E-state index contributed by atoms with van der Waals surface area (Å²) in [6.45, 7) is 5.99. The Morgan fingerprint density at radius 1 is 1.39 bits per heavy atom. The zero-order chi connectivity index (χ0) is 13.7. The summed E-state index contributed by atoms with van der Waals surface area (Å²) in [5.74, 6) is 0.396. The van der Waals surface area contributed by atoms with Gasteiger partial charge in [-0.2, -0.15) is 0 Å². The molecule has 1 amide bonds. The van der Waals surface area contributed by atoms with E-state index in [1.54, 1.807) is 7.11 Å². The number of rotatable bonds is 5. The van der Waals surface area contributed by atoms with Crippen molar-refractivity contribution in [2.45, 2.75) is 33.6 Å². The Morgan fingerprint density at radius 3 is 2.56 bits per heavy atom. The van der Waals surface area contributed by atoms with Gasteiger partial charge in [0, 0.05) is 5.57 Å². The van der Waals surface area contributed by atoms with E-state index in [0.29, 0.717) is 5.57 Å². The van der Waals surface area contributed by atoms with Crippen molar-refractivity contribution in [1.29, 1.82) is 0 Å². The third-order valence-corrected chi connectivity index (χ3v) is 3.07. The highest BCUT2D eigenvalue weighted by atomic mass is 16.5. The number of allylic oxidation sites excluding steroid dienone is 1. The maximum Gasteiger partial charge on any atom is 0.249 e. The van der Waals surface area contributed by atoms with Gasteiger partial charge in [0.05, 0.1) is 7.11 Å². The van der Waals surface area contributed by atoms with E-state index in [4.69, 9.17) is 10.5 Å². The molecule has 18 heavy (non-hydrogen) atoms. The average Bonchev–Trinajstić information content (AvgIpc) is 2.31. The number of amides is 1. The highest BCUT2D eigenvalue weighted by Crippen LogP contribution is 2.29. The van der Waals surface area contributed by atoms with Crippen LogP contribution < -0.4 is 10.5 Å². The Hall–Kier alpha value is -1.77. The molecular formula is C15H21NO2. The molecule has 0 atom stereocenters. The molecular weight excluding hydrogens is 226 g/mol. The number of carbonyl (C=O) groups is 1. The minimum Gasteiger partial charge on any atom is -0.496 e. The fourth-order valence-corrected chi connectivity index (χ4v) is 2.18. The maximum absolute atomic E-state index is 11.7. The van der Waals surface area contributed by atoms with Crippen LogP contribution in [-0.2, 0) is 4.79 Å². The van der Waals surface area contributed by atoms with Gasteiger partial charge < -0.3 is 10.5 Å². The minimum absolute atomic E-state index is 0.377. The van der Waals surface area contributed by atoms with E-state index in [1.807, 2.05) is 32.0 Å². The highest BCUT2D eigenvalue weighted by molar-refractivity contribution is 6.20. The molecule has 0 aliphatic carbocycles. The van der Waals surface area contributed by atoms with Gasteiger partial charge in [-0.1, -0.05) is 31.1 Å². The van der Waals surface area contributed by atoms with Crippen molar-refractivity contribution in [3.63, 3.8) is 0 Å². The highest BCUT2D eigenvalue weighted by Gasteiger charge is 2.15. The number of hydrogen-bond donors (Lipinski definition) is 1. The minimum atomic E-state index is -0.377. The zero-order valence-electron chi connectivity index (χ0n) is 11.5. The molecule has 0 saturated carbocycles. The van der Waals surface area contributed by atoms with Crippen LogP contribution in [0.15, 0.2) is 23.8 Å². The first-order valence-corrected chi connectivity index (χ1v) is 6.16. The van der Waals surface area contributed by atoms with E-state index in [0.717, 1.165) is 35.3 Å². The van der Waals surface area contributed by atoms with Gasteiger partial charge in [0.1, 0.15) is 5.75 Å². The van der Waals surface area contributed by atoms with Crippen LogP contribution >= 0.6 is 0 Å². The first-order valence-electron chi connectivity index (χ1n) is 6.16. The number of primary amides is 1. The summed E-state index contributed by atoms with van der Waals surface area (Å²) in [4.78, 5) is 11.7. The number of benzene rings is 1. The van der Waals surface area contributed by atoms with Crippen LogP contribution in [0.2, 0.25) is 0 Å². The summed E-state index contributed by atoms with van der Waals surface area (Å²) >= 11 is 0. The van der Waals surface area contributed by atoms with Gasteiger partial charge in [-0.15, -0.1) is 0 Å². The first-order chi connectivity index (χ1) is 8.52. The molecule has 0 aliphatic heterocycles. The van der Waals surface area contributed by atoms with Gasteiger partial charge in [-0.25, -0.2) is 0 Å². The van der Waals surface area contributed by atoms with Crippen molar-refractivity contribution < 1.29 is 9.53 Å². The van der Waals surface area contributed by atoms with Gasteiger partial charge >= 0.3 is 0 Å². The predicted octanol–water partition coefficient (Wildman–Crippen LogP) is 3.06. The van der Waals surface area contributed by atoms with Crippen LogP contribution in [0.4, 0.5) is 0 Å². The number of methoxy groups -OCH3 is 1. The van der Waals surface area contributed by atoms with Gasteiger partial charge in [0.2, 0.25) is 5.91 Å². The van der Waals surface area contributed by atoms with E-state index in [-0.39, 0.29) is 5.91 Å². The molecule has 0 aliphatic rings. The molecule has 0 aromatic heterocycles. The second kappa shape index (κ2) is 6.24. The molecule has 0 spiro atoms. The van der Waals surface area contributed by atoms with E-state index in [1.165, 1.54) is 0 Å². The molecule has 1 rings (SSSR count). The summed E-state index contributed by atoms with van der Waals surface area (Å²) in [5.41, 5.74) is 8.99. The SMILES string of the molecule is CCC/C(C)=C(/C(N)=O)c1cccc(OC)c1C. The van der Waals surface area contributed by atoms with Crippen molar-refractivity contribution in [1.82, 2.24) is 0 Å². The molecule has 1 aromatic carbocycles. The molecule has 0 saturated heterocycles. The van der Waals surface area contributed by atoms with Gasteiger partial charge in [0.25, 0.3) is 0 Å². The van der Waals surface area contributed by atoms with E-state index < -0.39 is 0 Å². The van der Waals surface area contributed by atoms with Crippen LogP contribution in [0.3, 0.4) is 0 Å². The third-order valence-electron chi connectivity index (χ3n) is 3.07. The molecule has 3 heteroatoms. The lowest BCUT2D eigenvalue weighted by molar-refractivity contribution is -0.112. The van der Waals surface area contributed by atoms with Crippen LogP contribution in [0.25, 0.3) is 5.57 Å². The lowest BCUT2D eigenvalue weighted by atomic mass is 9.93. The van der Waals surface area contributed by atoms with Crippen LogP contribution in [0.5, 0.6) is 5.75 Å². The van der Waals surface area contributed by atoms with E-state index >= 15 is 0 Å². The first kappa shape index (κ1) is 14.3. The van der Waals surface area contributed by atoms with Crippen LogP contribution in [-0.4, -0.2) is 13.0 Å². The monoisotopic (exact) mass is 247 g/mol. The maximum atomic E-state index is 11.7. The summed E-state index contributed by atoms with van der Waals surface area (Å²) in [6.07, 6.45) is 1.86. The average molecular weight is 247 g/mol. The van der Waals surface area contributed by atoms with Crippen molar-refractivity contribution in [2.75, 3.05) is 7.11 Å². The third kappa shape index (κ3) is 2.92. The molecule has 2 N–H and O–H groups in total. The van der Waals surface area contributed by atoms with Crippen molar-refractivity contribution in [3.05, 3.63) is 34.9 Å². The lowest BCUT2D eigenvalue weighted by Crippen LogP contribution is -2.15. The Bertz CT molecular complexity index is 475. The molecule has 0 bridgehead atoms. The van der Waals surface area contributed by atoms with Crippen LogP contribution in [0, 0.1) is 6.92 Å². The topological polar surface area (TPSA) is 52.3 Å². The molecule has 1 aromatic rings. The smallest absolute Gasteiger partial charge is 0.249 e. The van der Waals surface area contributed by atoms with Crippen molar-refractivity contribution in [3.8, 4) is 5.75 Å². The van der Waals surface area contributed by atoms with E-state index in [2.05, 4.69) is 6.92 Å². The summed E-state index contributed by atoms with van der Waals surface area (Å²) in [7, 11) is 1.62. The number of ether oxygens (including phenoxy) is 1. The number of nitrogens with two attached hydrogens (primary N) is 1. The molecule has 0 fully saturated rings. The van der Waals surface area contributed by atoms with Crippen molar-refractivity contribution in [2.24, 2.45) is 5.73 Å². The quantitative estimate of drug-likeness (QED) is 0.813. The Morgan fingerprint density at radius 2 is 2.06 bits per heavy atom. The molecule has 98 valence electrons. The Labute approximate surface area is 109 Å². The summed E-state index contributed by atoms with van der Waals surface area (Å²) in [5, 5.41) is 0. The fourth-order valence-electron chi connectivity index (χ4n) is 2.18. The van der Waals surface area contributed by atoms with Crippen LogP contribution in [0.1, 0.15) is 37.8 Å². The van der Waals surface area contributed by atoms with Gasteiger partial charge in [-0.05, 0) is 37.5 Å². The molecule has 0 heterocycles. The summed E-state index contributed by atoms with van der Waals surface area (Å²) in [6, 6.07) is 5.67. The lowest BCUT2D eigenvalue weighted by Gasteiger charge is -2.14. The van der Waals surface area contributed by atoms with E-state index in [9.17, 15) is 4.79 Å². The standard InChI is InChI=1S/C15H21NO2/c1-5-7-10(2)14(15(16)17)12-8-6-9-13(18-4)11(12)3/h6,8-9H,5,7H2,1-4H3,(H2,16,17)/b14-10+. The molecule has 3 nitrogen and oxygen atoms in total. The number of carbonyl (C=O) groups excluding carboxylic acids is 1. The van der Waals surface area contributed by atoms with Gasteiger partial charge in [-0.3, -0.25) is 4.79 Å². The number of hydrogen-bond acceptors (Lipinski definition) is 2. The second-order valence-corrected chi connectivity index (χ2v) is 4.40. The molecule has 0 unspecified atom stereocenters. The second-order valence-electron chi connectivity index (χ2n) is 4.40. The predicted molar refractivity (Wildman–Crippen MR) is 74.4 cm³/mol. The zero-order valence-corrected chi connectivity index (χ0v) is 11.5. The summed E-state index contributed by atoms with van der Waals surface area (Å²) < 4.78 is 5.28.